The van der Waals surface area contributed by atoms with Crippen LogP contribution < -0.4 is 5.73 Å². The van der Waals surface area contributed by atoms with Crippen molar-refractivity contribution >= 4 is 29.0 Å². The van der Waals surface area contributed by atoms with Gasteiger partial charge < -0.3 is 10.5 Å². The van der Waals surface area contributed by atoms with E-state index in [1.54, 1.807) is 18.2 Å². The van der Waals surface area contributed by atoms with E-state index in [0.29, 0.717) is 46.0 Å². The van der Waals surface area contributed by atoms with E-state index in [-0.39, 0.29) is 0 Å². The molecular weight excluding hydrogens is 323 g/mol. The fraction of sp³-hybridized carbons (Fsp3) is 0.400. The second kappa shape index (κ2) is 8.27. The second-order valence-corrected chi connectivity index (χ2v) is 5.56. The molecule has 22 heavy (non-hydrogen) atoms. The zero-order chi connectivity index (χ0) is 15.9. The molecule has 7 heteroatoms. The number of aromatic nitrogens is 3. The summed E-state index contributed by atoms with van der Waals surface area (Å²) >= 11 is 12.2. The lowest BCUT2D eigenvalue weighted by atomic mass is 10.1. The first-order valence-corrected chi connectivity index (χ1v) is 7.90. The number of halogens is 2. The van der Waals surface area contributed by atoms with Crippen LogP contribution in [0.15, 0.2) is 18.2 Å². The summed E-state index contributed by atoms with van der Waals surface area (Å²) in [5, 5.41) is 9.09. The Morgan fingerprint density at radius 3 is 2.73 bits per heavy atom. The van der Waals surface area contributed by atoms with Gasteiger partial charge in [-0.3, -0.25) is 0 Å². The van der Waals surface area contributed by atoms with Crippen molar-refractivity contribution in [2.24, 2.45) is 0 Å². The fourth-order valence-electron chi connectivity index (χ4n) is 1.94. The second-order valence-electron chi connectivity index (χ2n) is 4.78. The predicted octanol–water partition coefficient (Wildman–Crippen LogP) is 3.79. The Balaban J connectivity index is 2.08. The largest absolute Gasteiger partial charge is 0.382 e. The number of nitrogens with zero attached hydrogens (tertiary/aromatic N) is 3. The Labute approximate surface area is 139 Å². The average molecular weight is 341 g/mol. The Bertz CT molecular complexity index is 637. The van der Waals surface area contributed by atoms with Gasteiger partial charge in [0.05, 0.1) is 10.0 Å². The van der Waals surface area contributed by atoms with Crippen molar-refractivity contribution < 1.29 is 4.74 Å². The van der Waals surface area contributed by atoms with Crippen LogP contribution in [0, 0.1) is 0 Å². The molecule has 0 unspecified atom stereocenters. The van der Waals surface area contributed by atoms with Crippen LogP contribution in [0.1, 0.15) is 25.6 Å². The highest BCUT2D eigenvalue weighted by atomic mass is 35.5. The van der Waals surface area contributed by atoms with Gasteiger partial charge in [-0.05, 0) is 18.9 Å². The van der Waals surface area contributed by atoms with E-state index in [2.05, 4.69) is 22.1 Å². The first kappa shape index (κ1) is 16.9. The molecule has 2 rings (SSSR count). The highest BCUT2D eigenvalue weighted by Gasteiger charge is 2.13. The summed E-state index contributed by atoms with van der Waals surface area (Å²) in [6.45, 7) is 3.53. The van der Waals surface area contributed by atoms with E-state index in [1.807, 2.05) is 0 Å². The van der Waals surface area contributed by atoms with Crippen molar-refractivity contribution in [1.29, 1.82) is 0 Å². The van der Waals surface area contributed by atoms with Gasteiger partial charge in [0.15, 0.2) is 11.6 Å². The average Bonchev–Trinajstić information content (AvgIpc) is 2.50. The lowest BCUT2D eigenvalue weighted by Gasteiger charge is -2.08. The van der Waals surface area contributed by atoms with E-state index in [4.69, 9.17) is 33.7 Å². The van der Waals surface area contributed by atoms with Crippen LogP contribution in [-0.4, -0.2) is 28.4 Å². The fourth-order valence-corrected chi connectivity index (χ4v) is 2.33. The molecule has 1 aromatic heterocycles. The molecular formula is C15H18Cl2N4O. The maximum absolute atomic E-state index is 6.17. The third-order valence-corrected chi connectivity index (χ3v) is 3.82. The van der Waals surface area contributed by atoms with Crippen LogP contribution in [0.25, 0.3) is 11.3 Å². The first-order chi connectivity index (χ1) is 10.6. The third kappa shape index (κ3) is 4.29. The maximum atomic E-state index is 6.17. The normalized spacial score (nSPS) is 10.9. The summed E-state index contributed by atoms with van der Waals surface area (Å²) in [5.74, 6) is 0.892. The molecule has 0 fully saturated rings. The zero-order valence-electron chi connectivity index (χ0n) is 12.4. The number of hydrogen-bond donors (Lipinski definition) is 1. The van der Waals surface area contributed by atoms with Crippen molar-refractivity contribution in [3.8, 4) is 11.3 Å². The third-order valence-electron chi connectivity index (χ3n) is 3.00. The molecule has 0 radical (unpaired) electrons. The van der Waals surface area contributed by atoms with Crippen LogP contribution in [0.3, 0.4) is 0 Å². The number of nitrogen functional groups attached to an aromatic ring is 1. The lowest BCUT2D eigenvalue weighted by Crippen LogP contribution is -2.07. The van der Waals surface area contributed by atoms with Crippen LogP contribution in [-0.2, 0) is 11.2 Å². The Morgan fingerprint density at radius 2 is 2.00 bits per heavy atom. The minimum absolute atomic E-state index is 0.295. The van der Waals surface area contributed by atoms with Crippen LogP contribution in [0.4, 0.5) is 5.82 Å². The molecule has 0 aliphatic rings. The number of aryl methyl sites for hydroxylation is 1. The van der Waals surface area contributed by atoms with Gasteiger partial charge in [-0.25, -0.2) is 4.98 Å². The van der Waals surface area contributed by atoms with E-state index >= 15 is 0 Å². The summed E-state index contributed by atoms with van der Waals surface area (Å²) in [6, 6.07) is 5.27. The molecule has 0 aliphatic carbocycles. The van der Waals surface area contributed by atoms with Crippen LogP contribution in [0.2, 0.25) is 10.0 Å². The summed E-state index contributed by atoms with van der Waals surface area (Å²) < 4.78 is 5.42. The first-order valence-electron chi connectivity index (χ1n) is 7.14. The minimum atomic E-state index is 0.295. The molecule has 0 aliphatic heterocycles. The summed E-state index contributed by atoms with van der Waals surface area (Å²) in [6.07, 6.45) is 2.52. The lowest BCUT2D eigenvalue weighted by molar-refractivity contribution is 0.132. The Morgan fingerprint density at radius 1 is 1.18 bits per heavy atom. The quantitative estimate of drug-likeness (QED) is 0.776. The molecule has 1 aromatic carbocycles. The zero-order valence-corrected chi connectivity index (χ0v) is 13.9. The standard InChI is InChI=1S/C15H18Cl2N4O/c1-2-8-22-9-4-7-12-19-15(18)14(21-20-12)10-5-3-6-11(16)13(10)17/h3,5-6H,2,4,7-9H2,1H3,(H2,18,19,20). The van der Waals surface area contributed by atoms with Crippen LogP contribution in [0.5, 0.6) is 0 Å². The van der Waals surface area contributed by atoms with Crippen molar-refractivity contribution in [3.05, 3.63) is 34.1 Å². The molecule has 0 bridgehead atoms. The molecule has 0 saturated heterocycles. The van der Waals surface area contributed by atoms with E-state index in [1.165, 1.54) is 0 Å². The number of ether oxygens (including phenoxy) is 1. The Hall–Kier alpha value is -1.43. The number of benzene rings is 1. The molecule has 2 N–H and O–H groups in total. The molecule has 0 spiro atoms. The Kier molecular flexibility index (Phi) is 6.36. The van der Waals surface area contributed by atoms with Gasteiger partial charge in [0.2, 0.25) is 0 Å². The summed E-state index contributed by atoms with van der Waals surface area (Å²) in [5.41, 5.74) is 7.05. The van der Waals surface area contributed by atoms with Crippen molar-refractivity contribution in [2.45, 2.75) is 26.2 Å². The van der Waals surface area contributed by atoms with Crippen molar-refractivity contribution in [3.63, 3.8) is 0 Å². The van der Waals surface area contributed by atoms with Crippen LogP contribution >= 0.6 is 23.2 Å². The minimum Gasteiger partial charge on any atom is -0.382 e. The van der Waals surface area contributed by atoms with Gasteiger partial charge in [-0.2, -0.15) is 0 Å². The molecule has 0 saturated carbocycles. The SMILES string of the molecule is CCCOCCCc1nnc(-c2cccc(Cl)c2Cl)c(N)n1. The smallest absolute Gasteiger partial charge is 0.154 e. The van der Waals surface area contributed by atoms with Gasteiger partial charge in [0, 0.05) is 25.2 Å². The number of anilines is 1. The molecule has 0 amide bonds. The van der Waals surface area contributed by atoms with Gasteiger partial charge in [0.1, 0.15) is 5.69 Å². The van der Waals surface area contributed by atoms with Crippen molar-refractivity contribution in [1.82, 2.24) is 15.2 Å². The van der Waals surface area contributed by atoms with Crippen molar-refractivity contribution in [2.75, 3.05) is 18.9 Å². The highest BCUT2D eigenvalue weighted by Crippen LogP contribution is 2.33. The molecule has 2 aromatic rings. The number of rotatable bonds is 7. The van der Waals surface area contributed by atoms with Gasteiger partial charge in [-0.15, -0.1) is 10.2 Å². The highest BCUT2D eigenvalue weighted by molar-refractivity contribution is 6.43. The molecule has 1 heterocycles. The summed E-state index contributed by atoms with van der Waals surface area (Å²) in [4.78, 5) is 4.28. The number of hydrogen-bond acceptors (Lipinski definition) is 5. The van der Waals surface area contributed by atoms with Gasteiger partial charge >= 0.3 is 0 Å². The molecule has 5 nitrogen and oxygen atoms in total. The van der Waals surface area contributed by atoms with E-state index < -0.39 is 0 Å². The molecule has 118 valence electrons. The topological polar surface area (TPSA) is 73.9 Å². The van der Waals surface area contributed by atoms with Gasteiger partial charge in [-0.1, -0.05) is 42.3 Å². The van der Waals surface area contributed by atoms with Gasteiger partial charge in [0.25, 0.3) is 0 Å². The predicted molar refractivity (Wildman–Crippen MR) is 89.1 cm³/mol. The maximum Gasteiger partial charge on any atom is 0.154 e. The summed E-state index contributed by atoms with van der Waals surface area (Å²) in [7, 11) is 0. The van der Waals surface area contributed by atoms with E-state index in [0.717, 1.165) is 19.4 Å². The number of nitrogens with two attached hydrogens (primary N) is 1. The van der Waals surface area contributed by atoms with E-state index in [9.17, 15) is 0 Å². The molecule has 0 atom stereocenters. The monoisotopic (exact) mass is 340 g/mol.